The van der Waals surface area contributed by atoms with E-state index in [1.54, 1.807) is 10.4 Å². The van der Waals surface area contributed by atoms with Gasteiger partial charge in [0, 0.05) is 12.4 Å². The van der Waals surface area contributed by atoms with Crippen molar-refractivity contribution in [1.82, 2.24) is 9.22 Å². The zero-order chi connectivity index (χ0) is 9.35. The van der Waals surface area contributed by atoms with Gasteiger partial charge in [-0.05, 0) is 0 Å². The monoisotopic (exact) mass is 184 g/mol. The van der Waals surface area contributed by atoms with Gasteiger partial charge >= 0.3 is 5.97 Å². The van der Waals surface area contributed by atoms with Crippen LogP contribution in [0.4, 0.5) is 0 Å². The molecule has 1 N–H and O–H groups in total. The Morgan fingerprint density at radius 3 is 2.50 bits per heavy atom. The normalized spacial score (nSPS) is 11.6. The van der Waals surface area contributed by atoms with E-state index in [9.17, 15) is 4.79 Å². The smallest absolute Gasteiger partial charge is 0.371 e. The van der Waals surface area contributed by atoms with E-state index in [1.807, 2.05) is 0 Å². The molecule has 66 valence electrons. The summed E-state index contributed by atoms with van der Waals surface area (Å²) >= 11 is 0. The van der Waals surface area contributed by atoms with Crippen molar-refractivity contribution in [2.45, 2.75) is 19.6 Å². The van der Waals surface area contributed by atoms with Crippen molar-refractivity contribution in [2.75, 3.05) is 0 Å². The minimum atomic E-state index is -1.62. The Labute approximate surface area is 71.9 Å². The van der Waals surface area contributed by atoms with Crippen molar-refractivity contribution in [3.63, 3.8) is 0 Å². The van der Waals surface area contributed by atoms with Gasteiger partial charge in [-0.3, -0.25) is 0 Å². The fraction of sp³-hybridized carbons (Fsp3) is 0.429. The Balaban J connectivity index is 3.17. The van der Waals surface area contributed by atoms with Crippen molar-refractivity contribution in [2.24, 2.45) is 0 Å². The third kappa shape index (κ3) is 1.55. The van der Waals surface area contributed by atoms with Crippen LogP contribution in [0.25, 0.3) is 0 Å². The SMILES string of the molecule is C[Si](C)(C)n1ccnc1C(=O)O. The van der Waals surface area contributed by atoms with Crippen LogP contribution in [-0.4, -0.2) is 28.5 Å². The average Bonchev–Trinajstić information content (AvgIpc) is 2.30. The Hall–Kier alpha value is -1.10. The number of rotatable bonds is 2. The molecule has 4 nitrogen and oxygen atoms in total. The molecule has 0 atom stereocenters. The van der Waals surface area contributed by atoms with Gasteiger partial charge in [0.1, 0.15) is 0 Å². The van der Waals surface area contributed by atoms with Crippen LogP contribution in [0.5, 0.6) is 0 Å². The number of carbonyl (C=O) groups is 1. The first-order chi connectivity index (χ1) is 5.43. The molecule has 0 aliphatic rings. The first-order valence-corrected chi connectivity index (χ1v) is 7.15. The molecule has 0 saturated heterocycles. The van der Waals surface area contributed by atoms with Crippen molar-refractivity contribution < 1.29 is 9.90 Å². The second kappa shape index (κ2) is 2.74. The van der Waals surface area contributed by atoms with E-state index in [4.69, 9.17) is 5.11 Å². The Kier molecular flexibility index (Phi) is 2.06. The highest BCUT2D eigenvalue weighted by molar-refractivity contribution is 6.74. The molecular weight excluding hydrogens is 172 g/mol. The summed E-state index contributed by atoms with van der Waals surface area (Å²) in [6.45, 7) is 6.21. The highest BCUT2D eigenvalue weighted by atomic mass is 28.3. The first kappa shape index (κ1) is 8.99. The lowest BCUT2D eigenvalue weighted by atomic mass is 10.6. The summed E-state index contributed by atoms with van der Waals surface area (Å²) in [6, 6.07) is 0. The van der Waals surface area contributed by atoms with Crippen LogP contribution in [-0.2, 0) is 0 Å². The Bertz CT molecular complexity index is 301. The lowest BCUT2D eigenvalue weighted by Crippen LogP contribution is -2.34. The standard InChI is InChI=1S/C7H12N2O2Si/c1-12(2,3)9-5-4-8-6(9)7(10)11/h4-5H,1-3H3,(H,10,11). The zero-order valence-electron chi connectivity index (χ0n) is 7.40. The molecule has 0 aromatic carbocycles. The van der Waals surface area contributed by atoms with Gasteiger partial charge in [-0.2, -0.15) is 0 Å². The van der Waals surface area contributed by atoms with E-state index in [2.05, 4.69) is 24.6 Å². The van der Waals surface area contributed by atoms with Crippen LogP contribution >= 0.6 is 0 Å². The molecule has 0 unspecified atom stereocenters. The minimum absolute atomic E-state index is 0.147. The number of hydrogen-bond acceptors (Lipinski definition) is 2. The van der Waals surface area contributed by atoms with Crippen molar-refractivity contribution in [1.29, 1.82) is 0 Å². The van der Waals surface area contributed by atoms with Crippen LogP contribution in [0.3, 0.4) is 0 Å². The van der Waals surface area contributed by atoms with Crippen LogP contribution in [0.15, 0.2) is 12.4 Å². The molecule has 0 amide bonds. The molecular formula is C7H12N2O2Si. The van der Waals surface area contributed by atoms with Crippen LogP contribution in [0, 0.1) is 0 Å². The molecule has 5 heteroatoms. The fourth-order valence-corrected chi connectivity index (χ4v) is 2.31. The van der Waals surface area contributed by atoms with Crippen molar-refractivity contribution in [3.8, 4) is 0 Å². The average molecular weight is 184 g/mol. The number of hydrogen-bond donors (Lipinski definition) is 1. The maximum absolute atomic E-state index is 10.7. The number of carboxylic acid groups (broad SMARTS) is 1. The van der Waals surface area contributed by atoms with E-state index in [0.29, 0.717) is 0 Å². The maximum Gasteiger partial charge on any atom is 0.371 e. The van der Waals surface area contributed by atoms with E-state index in [-0.39, 0.29) is 5.82 Å². The summed E-state index contributed by atoms with van der Waals surface area (Å²) < 4.78 is 1.77. The number of aromatic carboxylic acids is 1. The van der Waals surface area contributed by atoms with Gasteiger partial charge in [-0.1, -0.05) is 19.6 Å². The molecule has 0 aliphatic heterocycles. The van der Waals surface area contributed by atoms with Gasteiger partial charge in [0.2, 0.25) is 5.82 Å². The summed E-state index contributed by atoms with van der Waals surface area (Å²) in [7, 11) is -1.62. The molecule has 0 fully saturated rings. The van der Waals surface area contributed by atoms with E-state index in [0.717, 1.165) is 0 Å². The number of aromatic nitrogens is 2. The van der Waals surface area contributed by atoms with Gasteiger partial charge in [0.15, 0.2) is 8.24 Å². The third-order valence-corrected chi connectivity index (χ3v) is 3.36. The molecule has 1 aromatic rings. The molecule has 0 radical (unpaired) electrons. The summed E-state index contributed by atoms with van der Waals surface area (Å²) in [4.78, 5) is 14.4. The Morgan fingerprint density at radius 2 is 2.17 bits per heavy atom. The summed E-state index contributed by atoms with van der Waals surface area (Å²) in [5, 5.41) is 8.76. The second-order valence-electron chi connectivity index (χ2n) is 3.60. The molecule has 0 saturated carbocycles. The lowest BCUT2D eigenvalue weighted by molar-refractivity contribution is 0.0682. The zero-order valence-corrected chi connectivity index (χ0v) is 8.40. The fourth-order valence-electron chi connectivity index (χ4n) is 1.00. The van der Waals surface area contributed by atoms with Crippen molar-refractivity contribution in [3.05, 3.63) is 18.2 Å². The highest BCUT2D eigenvalue weighted by Crippen LogP contribution is 2.09. The molecule has 1 rings (SSSR count). The lowest BCUT2D eigenvalue weighted by Gasteiger charge is -2.18. The molecule has 0 bridgehead atoms. The second-order valence-corrected chi connectivity index (χ2v) is 8.42. The summed E-state index contributed by atoms with van der Waals surface area (Å²) in [6.07, 6.45) is 3.26. The van der Waals surface area contributed by atoms with E-state index >= 15 is 0 Å². The highest BCUT2D eigenvalue weighted by Gasteiger charge is 2.22. The Morgan fingerprint density at radius 1 is 1.58 bits per heavy atom. The van der Waals surface area contributed by atoms with Gasteiger partial charge in [-0.15, -0.1) is 0 Å². The van der Waals surface area contributed by atoms with Gasteiger partial charge in [-0.25, -0.2) is 9.78 Å². The van der Waals surface area contributed by atoms with E-state index in [1.165, 1.54) is 6.20 Å². The number of carboxylic acids is 1. The van der Waals surface area contributed by atoms with Gasteiger partial charge < -0.3 is 9.34 Å². The minimum Gasteiger partial charge on any atom is -0.475 e. The molecule has 1 heterocycles. The van der Waals surface area contributed by atoms with Crippen molar-refractivity contribution >= 4 is 14.2 Å². The van der Waals surface area contributed by atoms with Gasteiger partial charge in [0.25, 0.3) is 0 Å². The maximum atomic E-state index is 10.7. The van der Waals surface area contributed by atoms with Crippen LogP contribution < -0.4 is 0 Å². The van der Waals surface area contributed by atoms with Crippen LogP contribution in [0.2, 0.25) is 19.6 Å². The summed E-state index contributed by atoms with van der Waals surface area (Å²) in [5.41, 5.74) is 0. The molecule has 1 aromatic heterocycles. The topological polar surface area (TPSA) is 55.1 Å². The molecule has 12 heavy (non-hydrogen) atoms. The molecule has 0 spiro atoms. The quantitative estimate of drug-likeness (QED) is 0.704. The van der Waals surface area contributed by atoms with Gasteiger partial charge in [0.05, 0.1) is 0 Å². The predicted molar refractivity (Wildman–Crippen MR) is 47.9 cm³/mol. The summed E-state index contributed by atoms with van der Waals surface area (Å²) in [5.74, 6) is -0.809. The largest absolute Gasteiger partial charge is 0.475 e. The van der Waals surface area contributed by atoms with Crippen LogP contribution in [0.1, 0.15) is 10.6 Å². The molecule has 0 aliphatic carbocycles. The first-order valence-electron chi connectivity index (χ1n) is 3.70. The van der Waals surface area contributed by atoms with E-state index < -0.39 is 14.2 Å². The predicted octanol–water partition coefficient (Wildman–Crippen LogP) is 1.26. The number of nitrogens with zero attached hydrogens (tertiary/aromatic N) is 2. The number of imidazole rings is 1. The third-order valence-electron chi connectivity index (χ3n) is 1.55.